The van der Waals surface area contributed by atoms with Crippen LogP contribution in [0.3, 0.4) is 0 Å². The minimum atomic E-state index is -0.388. The molecule has 0 fully saturated rings. The van der Waals surface area contributed by atoms with E-state index in [1.54, 1.807) is 18.7 Å². The molecule has 2 heterocycles. The zero-order chi connectivity index (χ0) is 14.9. The van der Waals surface area contributed by atoms with Gasteiger partial charge in [-0.1, -0.05) is 0 Å². The van der Waals surface area contributed by atoms with E-state index in [0.717, 1.165) is 4.57 Å². The van der Waals surface area contributed by atoms with Gasteiger partial charge >= 0.3 is 5.69 Å². The molecule has 2 aromatic rings. The highest BCUT2D eigenvalue weighted by Crippen LogP contribution is 2.13. The fourth-order valence-corrected chi connectivity index (χ4v) is 2.13. The predicted octanol–water partition coefficient (Wildman–Crippen LogP) is -0.488. The van der Waals surface area contributed by atoms with Gasteiger partial charge in [-0.15, -0.1) is 0 Å². The van der Waals surface area contributed by atoms with Crippen LogP contribution in [0.25, 0.3) is 11.2 Å². The number of rotatable bonds is 5. The molecule has 0 unspecified atom stereocenters. The Balaban J connectivity index is 2.80. The maximum absolute atomic E-state index is 12.2. The van der Waals surface area contributed by atoms with Crippen molar-refractivity contribution < 1.29 is 4.74 Å². The molecule has 0 spiro atoms. The van der Waals surface area contributed by atoms with E-state index in [2.05, 4.69) is 10.3 Å². The molecule has 2 rings (SSSR count). The van der Waals surface area contributed by atoms with Crippen molar-refractivity contribution in [3.05, 3.63) is 20.8 Å². The van der Waals surface area contributed by atoms with Gasteiger partial charge in [0.25, 0.3) is 5.56 Å². The lowest BCUT2D eigenvalue weighted by Gasteiger charge is -2.08. The monoisotopic (exact) mass is 281 g/mol. The maximum atomic E-state index is 12.2. The largest absolute Gasteiger partial charge is 0.383 e. The lowest BCUT2D eigenvalue weighted by Crippen LogP contribution is -2.39. The molecule has 0 aliphatic rings. The summed E-state index contributed by atoms with van der Waals surface area (Å²) in [6.45, 7) is 3.35. The van der Waals surface area contributed by atoms with E-state index in [9.17, 15) is 9.59 Å². The van der Waals surface area contributed by atoms with Crippen molar-refractivity contribution >= 4 is 17.1 Å². The third-order valence-corrected chi connectivity index (χ3v) is 3.21. The van der Waals surface area contributed by atoms with Crippen molar-refractivity contribution in [2.45, 2.75) is 13.5 Å². The van der Waals surface area contributed by atoms with Crippen LogP contribution in [-0.2, 0) is 25.4 Å². The first kappa shape index (κ1) is 14.3. The predicted molar refractivity (Wildman–Crippen MR) is 76.3 cm³/mol. The molecular weight excluding hydrogens is 262 g/mol. The van der Waals surface area contributed by atoms with Crippen molar-refractivity contribution in [1.29, 1.82) is 0 Å². The average molecular weight is 281 g/mol. The summed E-state index contributed by atoms with van der Waals surface area (Å²) in [6.07, 6.45) is 0. The van der Waals surface area contributed by atoms with Crippen molar-refractivity contribution in [2.75, 3.05) is 25.6 Å². The third-order valence-electron chi connectivity index (χ3n) is 3.21. The van der Waals surface area contributed by atoms with Crippen LogP contribution in [-0.4, -0.2) is 38.9 Å². The van der Waals surface area contributed by atoms with E-state index in [1.807, 2.05) is 6.92 Å². The van der Waals surface area contributed by atoms with E-state index in [1.165, 1.54) is 11.6 Å². The molecule has 110 valence electrons. The van der Waals surface area contributed by atoms with Crippen LogP contribution in [0.5, 0.6) is 0 Å². The van der Waals surface area contributed by atoms with Crippen LogP contribution in [0.2, 0.25) is 0 Å². The van der Waals surface area contributed by atoms with Crippen molar-refractivity contribution in [2.24, 2.45) is 14.1 Å². The number of aryl methyl sites for hydroxylation is 1. The topological polar surface area (TPSA) is 83.1 Å². The van der Waals surface area contributed by atoms with Gasteiger partial charge < -0.3 is 14.6 Å². The molecule has 20 heavy (non-hydrogen) atoms. The standard InChI is InChI=1S/C12H19N5O3/c1-5-13-11-14-9-8(15(11)2)10(18)16(3)12(19)17(9)6-7-20-4/h5-7H2,1-4H3,(H,13,14). The van der Waals surface area contributed by atoms with E-state index < -0.39 is 0 Å². The molecule has 8 heteroatoms. The van der Waals surface area contributed by atoms with Gasteiger partial charge in [0, 0.05) is 27.7 Å². The van der Waals surface area contributed by atoms with Gasteiger partial charge in [-0.2, -0.15) is 4.98 Å². The summed E-state index contributed by atoms with van der Waals surface area (Å²) < 4.78 is 9.23. The van der Waals surface area contributed by atoms with Gasteiger partial charge in [-0.05, 0) is 6.92 Å². The second-order valence-corrected chi connectivity index (χ2v) is 4.49. The highest BCUT2D eigenvalue weighted by Gasteiger charge is 2.17. The molecule has 0 aromatic carbocycles. The Morgan fingerprint density at radius 1 is 1.25 bits per heavy atom. The van der Waals surface area contributed by atoms with Gasteiger partial charge in [0.1, 0.15) is 0 Å². The number of ether oxygens (including phenoxy) is 1. The summed E-state index contributed by atoms with van der Waals surface area (Å²) in [5.41, 5.74) is 0.0475. The van der Waals surface area contributed by atoms with Gasteiger partial charge in [-0.3, -0.25) is 13.9 Å². The fourth-order valence-electron chi connectivity index (χ4n) is 2.13. The van der Waals surface area contributed by atoms with Crippen LogP contribution >= 0.6 is 0 Å². The normalized spacial score (nSPS) is 11.2. The second-order valence-electron chi connectivity index (χ2n) is 4.49. The number of imidazole rings is 1. The zero-order valence-electron chi connectivity index (χ0n) is 12.1. The van der Waals surface area contributed by atoms with E-state index in [4.69, 9.17) is 4.74 Å². The van der Waals surface area contributed by atoms with Gasteiger partial charge in [0.2, 0.25) is 5.95 Å². The summed E-state index contributed by atoms with van der Waals surface area (Å²) in [4.78, 5) is 28.8. The molecule has 0 bridgehead atoms. The first-order valence-corrected chi connectivity index (χ1v) is 6.42. The molecule has 0 radical (unpaired) electrons. The third kappa shape index (κ3) is 2.11. The average Bonchev–Trinajstić information content (AvgIpc) is 2.74. The highest BCUT2D eigenvalue weighted by atomic mass is 16.5. The summed E-state index contributed by atoms with van der Waals surface area (Å²) in [5.74, 6) is 0.566. The van der Waals surface area contributed by atoms with Crippen molar-refractivity contribution in [3.8, 4) is 0 Å². The molecule has 0 amide bonds. The van der Waals surface area contributed by atoms with Gasteiger partial charge in [-0.25, -0.2) is 4.79 Å². The van der Waals surface area contributed by atoms with E-state index >= 15 is 0 Å². The Labute approximate surface area is 115 Å². The first-order valence-electron chi connectivity index (χ1n) is 6.42. The Bertz CT molecular complexity index is 740. The Hall–Kier alpha value is -2.09. The lowest BCUT2D eigenvalue weighted by molar-refractivity contribution is 0.186. The number of nitrogens with zero attached hydrogens (tertiary/aromatic N) is 4. The number of aromatic nitrogens is 4. The molecule has 8 nitrogen and oxygen atoms in total. The Kier molecular flexibility index (Phi) is 3.93. The number of hydrogen-bond acceptors (Lipinski definition) is 5. The number of anilines is 1. The minimum Gasteiger partial charge on any atom is -0.383 e. The lowest BCUT2D eigenvalue weighted by atomic mass is 10.5. The fraction of sp³-hybridized carbons (Fsp3) is 0.583. The first-order chi connectivity index (χ1) is 9.52. The van der Waals surface area contributed by atoms with Gasteiger partial charge in [0.05, 0.1) is 13.2 Å². The summed E-state index contributed by atoms with van der Waals surface area (Å²) in [6, 6.07) is 0. The summed E-state index contributed by atoms with van der Waals surface area (Å²) in [7, 11) is 4.78. The smallest absolute Gasteiger partial charge is 0.332 e. The molecule has 0 saturated carbocycles. The number of hydrogen-bond donors (Lipinski definition) is 1. The molecule has 0 atom stereocenters. The second kappa shape index (κ2) is 5.49. The maximum Gasteiger partial charge on any atom is 0.332 e. The van der Waals surface area contributed by atoms with E-state index in [-0.39, 0.29) is 11.2 Å². The van der Waals surface area contributed by atoms with E-state index in [0.29, 0.717) is 36.8 Å². The van der Waals surface area contributed by atoms with Crippen LogP contribution in [0, 0.1) is 0 Å². The molecule has 2 aromatic heterocycles. The molecule has 0 aliphatic carbocycles. The summed E-state index contributed by atoms with van der Waals surface area (Å²) in [5, 5.41) is 3.07. The van der Waals surface area contributed by atoms with Crippen molar-refractivity contribution in [3.63, 3.8) is 0 Å². The minimum absolute atomic E-state index is 0.349. The highest BCUT2D eigenvalue weighted by molar-refractivity contribution is 5.74. The SMILES string of the molecule is CCNc1nc2c(c(=O)n(C)c(=O)n2CCOC)n1C. The quantitative estimate of drug-likeness (QED) is 0.800. The molecular formula is C12H19N5O3. The van der Waals surface area contributed by atoms with Crippen LogP contribution in [0.1, 0.15) is 6.92 Å². The van der Waals surface area contributed by atoms with Gasteiger partial charge in [0.15, 0.2) is 11.2 Å². The van der Waals surface area contributed by atoms with Crippen LogP contribution in [0.4, 0.5) is 5.95 Å². The van der Waals surface area contributed by atoms with Crippen LogP contribution < -0.4 is 16.6 Å². The number of nitrogens with one attached hydrogen (secondary N) is 1. The summed E-state index contributed by atoms with van der Waals surface area (Å²) >= 11 is 0. The molecule has 0 saturated heterocycles. The van der Waals surface area contributed by atoms with Crippen LogP contribution in [0.15, 0.2) is 9.59 Å². The molecule has 1 N–H and O–H groups in total. The number of fused-ring (bicyclic) bond motifs is 1. The zero-order valence-corrected chi connectivity index (χ0v) is 12.1. The Morgan fingerprint density at radius 2 is 1.95 bits per heavy atom. The van der Waals surface area contributed by atoms with Crippen molar-refractivity contribution in [1.82, 2.24) is 18.7 Å². The Morgan fingerprint density at radius 3 is 2.55 bits per heavy atom. The number of methoxy groups -OCH3 is 1. The molecule has 0 aliphatic heterocycles.